The van der Waals surface area contributed by atoms with Crippen LogP contribution >= 0.6 is 0 Å². The number of nitrogens with one attached hydrogen (secondary N) is 1. The minimum atomic E-state index is -2.94. The summed E-state index contributed by atoms with van der Waals surface area (Å²) in [5.74, 6) is -0.571. The number of nitrogens with two attached hydrogens (primary N) is 1. The molecule has 0 aliphatic carbocycles. The lowest BCUT2D eigenvalue weighted by atomic mass is 10.2. The molecule has 104 valence electrons. The maximum Gasteiger partial charge on any atom is 0.387 e. The molecule has 1 heterocycles. The number of carbonyl (C=O) groups excluding carboxylic acids is 1. The summed E-state index contributed by atoms with van der Waals surface area (Å²) in [6, 6.07) is 7.02. The molecule has 0 saturated carbocycles. The molecule has 3 N–H and O–H groups in total. The third-order valence-corrected chi connectivity index (χ3v) is 2.42. The topological polar surface area (TPSA) is 77.2 Å². The highest BCUT2D eigenvalue weighted by molar-refractivity contribution is 6.05. The van der Waals surface area contributed by atoms with Crippen LogP contribution in [0.5, 0.6) is 5.75 Å². The molecule has 0 saturated heterocycles. The van der Waals surface area contributed by atoms with Crippen molar-refractivity contribution >= 4 is 17.3 Å². The first-order chi connectivity index (χ1) is 9.56. The monoisotopic (exact) mass is 279 g/mol. The average Bonchev–Trinajstić information content (AvgIpc) is 2.41. The Bertz CT molecular complexity index is 620. The summed E-state index contributed by atoms with van der Waals surface area (Å²) in [5.41, 5.74) is 6.52. The average molecular weight is 279 g/mol. The molecular formula is C13H11F2N3O2. The summed E-state index contributed by atoms with van der Waals surface area (Å²) in [4.78, 5) is 15.8. The van der Waals surface area contributed by atoms with Crippen LogP contribution in [-0.2, 0) is 0 Å². The molecule has 0 fully saturated rings. The highest BCUT2D eigenvalue weighted by Crippen LogP contribution is 2.19. The van der Waals surface area contributed by atoms with Crippen LogP contribution in [0.4, 0.5) is 20.2 Å². The van der Waals surface area contributed by atoms with Crippen molar-refractivity contribution in [2.24, 2.45) is 0 Å². The second-order valence-corrected chi connectivity index (χ2v) is 3.82. The third kappa shape index (κ3) is 3.41. The number of carbonyl (C=O) groups is 1. The van der Waals surface area contributed by atoms with Crippen LogP contribution in [0.3, 0.4) is 0 Å². The fourth-order valence-electron chi connectivity index (χ4n) is 1.53. The van der Waals surface area contributed by atoms with Gasteiger partial charge in [-0.15, -0.1) is 0 Å². The van der Waals surface area contributed by atoms with Gasteiger partial charge in [-0.2, -0.15) is 8.78 Å². The number of hydrogen-bond donors (Lipinski definition) is 2. The van der Waals surface area contributed by atoms with Gasteiger partial charge in [-0.3, -0.25) is 9.78 Å². The van der Waals surface area contributed by atoms with Gasteiger partial charge in [0.2, 0.25) is 0 Å². The largest absolute Gasteiger partial charge is 0.435 e. The van der Waals surface area contributed by atoms with E-state index < -0.39 is 12.5 Å². The smallest absolute Gasteiger partial charge is 0.387 e. The highest BCUT2D eigenvalue weighted by atomic mass is 19.3. The Balaban J connectivity index is 2.15. The number of hydrogen-bond acceptors (Lipinski definition) is 4. The first-order valence-corrected chi connectivity index (χ1v) is 5.62. The number of amides is 1. The quantitative estimate of drug-likeness (QED) is 0.901. The van der Waals surface area contributed by atoms with Crippen molar-refractivity contribution in [3.8, 4) is 5.75 Å². The molecule has 5 nitrogen and oxygen atoms in total. The van der Waals surface area contributed by atoms with E-state index in [2.05, 4.69) is 15.0 Å². The van der Waals surface area contributed by atoms with Gasteiger partial charge in [0.25, 0.3) is 5.91 Å². The Morgan fingerprint density at radius 1 is 1.35 bits per heavy atom. The van der Waals surface area contributed by atoms with E-state index in [4.69, 9.17) is 5.73 Å². The molecule has 0 unspecified atom stereocenters. The summed E-state index contributed by atoms with van der Waals surface area (Å²) >= 11 is 0. The predicted molar refractivity (Wildman–Crippen MR) is 69.7 cm³/mol. The highest BCUT2D eigenvalue weighted by Gasteiger charge is 2.10. The van der Waals surface area contributed by atoms with E-state index in [0.717, 1.165) is 0 Å². The number of anilines is 2. The van der Waals surface area contributed by atoms with Gasteiger partial charge in [0.15, 0.2) is 0 Å². The molecule has 2 aromatic rings. The zero-order chi connectivity index (χ0) is 14.5. The Labute approximate surface area is 113 Å². The Morgan fingerprint density at radius 2 is 2.15 bits per heavy atom. The molecule has 0 radical (unpaired) electrons. The number of halogens is 2. The number of nitrogen functional groups attached to an aromatic ring is 1. The Kier molecular flexibility index (Phi) is 4.09. The van der Waals surface area contributed by atoms with E-state index in [1.165, 1.54) is 42.7 Å². The summed E-state index contributed by atoms with van der Waals surface area (Å²) in [7, 11) is 0. The molecule has 1 aromatic carbocycles. The van der Waals surface area contributed by atoms with Crippen molar-refractivity contribution in [3.63, 3.8) is 0 Å². The van der Waals surface area contributed by atoms with Gasteiger partial charge in [-0.25, -0.2) is 0 Å². The van der Waals surface area contributed by atoms with Crippen LogP contribution in [0, 0.1) is 0 Å². The number of pyridine rings is 1. The van der Waals surface area contributed by atoms with Crippen LogP contribution in [-0.4, -0.2) is 17.5 Å². The maximum atomic E-state index is 12.1. The first kappa shape index (κ1) is 13.7. The zero-order valence-electron chi connectivity index (χ0n) is 10.2. The number of alkyl halides is 2. The number of ether oxygens (including phenoxy) is 1. The Hall–Kier alpha value is -2.70. The van der Waals surface area contributed by atoms with E-state index in [0.29, 0.717) is 11.4 Å². The van der Waals surface area contributed by atoms with Crippen LogP contribution in [0.2, 0.25) is 0 Å². The minimum Gasteiger partial charge on any atom is -0.435 e. The number of rotatable bonds is 4. The first-order valence-electron chi connectivity index (χ1n) is 5.62. The molecule has 7 heteroatoms. The zero-order valence-corrected chi connectivity index (χ0v) is 10.2. The second kappa shape index (κ2) is 5.96. The lowest BCUT2D eigenvalue weighted by Crippen LogP contribution is -2.13. The van der Waals surface area contributed by atoms with Gasteiger partial charge in [-0.1, -0.05) is 6.07 Å². The van der Waals surface area contributed by atoms with E-state index in [-0.39, 0.29) is 11.3 Å². The van der Waals surface area contributed by atoms with Gasteiger partial charge in [0, 0.05) is 11.8 Å². The van der Waals surface area contributed by atoms with Gasteiger partial charge in [0.05, 0.1) is 17.6 Å². The summed E-state index contributed by atoms with van der Waals surface area (Å²) in [6.07, 6.45) is 2.87. The molecule has 0 atom stereocenters. The molecule has 20 heavy (non-hydrogen) atoms. The Morgan fingerprint density at radius 3 is 2.85 bits per heavy atom. The minimum absolute atomic E-state index is 0.0876. The standard InChI is InChI=1S/C13H11F2N3O2/c14-13(15)20-9-3-1-2-8(6-9)12(19)18-11-4-5-17-7-10(11)16/h1-7,13H,16H2,(H,17,18,19). The lowest BCUT2D eigenvalue weighted by Gasteiger charge is -2.09. The van der Waals surface area contributed by atoms with Crippen LogP contribution in [0.1, 0.15) is 10.4 Å². The number of nitrogens with zero attached hydrogens (tertiary/aromatic N) is 1. The molecule has 1 amide bonds. The fraction of sp³-hybridized carbons (Fsp3) is 0.0769. The summed E-state index contributed by atoms with van der Waals surface area (Å²) < 4.78 is 28.4. The molecule has 1 aromatic heterocycles. The third-order valence-electron chi connectivity index (χ3n) is 2.42. The van der Waals surface area contributed by atoms with Crippen LogP contribution in [0.15, 0.2) is 42.7 Å². The summed E-state index contributed by atoms with van der Waals surface area (Å²) in [5, 5.41) is 2.56. The molecule has 0 bridgehead atoms. The van der Waals surface area contributed by atoms with Gasteiger partial charge < -0.3 is 15.8 Å². The predicted octanol–water partition coefficient (Wildman–Crippen LogP) is 2.52. The van der Waals surface area contributed by atoms with E-state index in [1.54, 1.807) is 0 Å². The van der Waals surface area contributed by atoms with Crippen molar-refractivity contribution in [1.29, 1.82) is 0 Å². The van der Waals surface area contributed by atoms with Crippen molar-refractivity contribution in [1.82, 2.24) is 4.98 Å². The maximum absolute atomic E-state index is 12.1. The van der Waals surface area contributed by atoms with E-state index in [9.17, 15) is 13.6 Å². The molecule has 0 aliphatic rings. The van der Waals surface area contributed by atoms with Crippen molar-refractivity contribution in [2.45, 2.75) is 6.61 Å². The number of benzene rings is 1. The van der Waals surface area contributed by atoms with E-state index in [1.807, 2.05) is 0 Å². The van der Waals surface area contributed by atoms with Gasteiger partial charge in [-0.05, 0) is 24.3 Å². The van der Waals surface area contributed by atoms with Gasteiger partial charge in [0.1, 0.15) is 5.75 Å². The van der Waals surface area contributed by atoms with Crippen molar-refractivity contribution < 1.29 is 18.3 Å². The van der Waals surface area contributed by atoms with Crippen LogP contribution in [0.25, 0.3) is 0 Å². The number of aromatic nitrogens is 1. The molecule has 2 rings (SSSR count). The molecule has 0 aliphatic heterocycles. The van der Waals surface area contributed by atoms with E-state index >= 15 is 0 Å². The fourth-order valence-corrected chi connectivity index (χ4v) is 1.53. The van der Waals surface area contributed by atoms with Crippen molar-refractivity contribution in [3.05, 3.63) is 48.3 Å². The SMILES string of the molecule is Nc1cnccc1NC(=O)c1cccc(OC(F)F)c1. The normalized spacial score (nSPS) is 10.3. The molecular weight excluding hydrogens is 268 g/mol. The van der Waals surface area contributed by atoms with Crippen LogP contribution < -0.4 is 15.8 Å². The second-order valence-electron chi connectivity index (χ2n) is 3.82. The van der Waals surface area contributed by atoms with Crippen molar-refractivity contribution in [2.75, 3.05) is 11.1 Å². The van der Waals surface area contributed by atoms with Gasteiger partial charge >= 0.3 is 6.61 Å². The molecule has 0 spiro atoms. The summed E-state index contributed by atoms with van der Waals surface area (Å²) in [6.45, 7) is -2.94. The lowest BCUT2D eigenvalue weighted by molar-refractivity contribution is -0.0498.